The fraction of sp³-hybridized carbons (Fsp3) is 1.00. The summed E-state index contributed by atoms with van der Waals surface area (Å²) in [6, 6.07) is 0. The first-order chi connectivity index (χ1) is 8.10. The third-order valence-electron chi connectivity index (χ3n) is 3.40. The van der Waals surface area contributed by atoms with Crippen molar-refractivity contribution in [2.75, 3.05) is 0 Å². The Labute approximate surface area is 136 Å². The molecule has 0 aromatic carbocycles. The van der Waals surface area contributed by atoms with Gasteiger partial charge in [0.05, 0.1) is 0 Å². The third kappa shape index (κ3) is 4.84. The number of rotatable bonds is 7. The van der Waals surface area contributed by atoms with E-state index < -0.39 is 16.4 Å². The molecule has 0 saturated heterocycles. The second kappa shape index (κ2) is 7.93. The van der Waals surface area contributed by atoms with Crippen LogP contribution in [-0.2, 0) is 0 Å². The first-order valence-electron chi connectivity index (χ1n) is 6.19. The van der Waals surface area contributed by atoms with Gasteiger partial charge in [0.25, 0.3) is 0 Å². The second-order valence-electron chi connectivity index (χ2n) is 4.33. The van der Waals surface area contributed by atoms with E-state index in [1.807, 2.05) is 13.8 Å². The van der Waals surface area contributed by atoms with E-state index in [2.05, 4.69) is 13.8 Å². The SMILES string of the molecule is CCC(CC)P(Cl)(Cl)=NC(CC)(CC)[PH](Cl)(Cl)Cl. The third-order valence-corrected chi connectivity index (χ3v) is 13.0. The van der Waals surface area contributed by atoms with Gasteiger partial charge in [-0.3, -0.25) is 0 Å². The average Bonchev–Trinajstić information content (AvgIpc) is 2.25. The molecule has 0 N–H and O–H groups in total. The first kappa shape index (κ1) is 20.1. The van der Waals surface area contributed by atoms with Crippen LogP contribution in [0.1, 0.15) is 53.4 Å². The molecule has 0 rings (SSSR count). The molecule has 0 heterocycles. The molecule has 0 aliphatic heterocycles. The number of nitrogens with zero attached hydrogens (tertiary/aromatic N) is 1. The molecule has 0 amide bonds. The van der Waals surface area contributed by atoms with E-state index in [1.165, 1.54) is 0 Å². The van der Waals surface area contributed by atoms with Gasteiger partial charge in [0.2, 0.25) is 0 Å². The Morgan fingerprint density at radius 1 is 1.00 bits per heavy atom. The van der Waals surface area contributed by atoms with Gasteiger partial charge in [-0.1, -0.05) is 0 Å². The van der Waals surface area contributed by atoms with Crippen LogP contribution < -0.4 is 0 Å². The standard InChI is InChI=1S/C10H22Cl5NP2/c1-5-9(6-2)17(11,12)16-10(7-3,8-4)18(13,14)15/h9,18H,5-8H2,1-4H3. The summed E-state index contributed by atoms with van der Waals surface area (Å²) in [6.45, 7) is 8.08. The van der Waals surface area contributed by atoms with Crippen LogP contribution in [-0.4, -0.2) is 10.9 Å². The van der Waals surface area contributed by atoms with Gasteiger partial charge in [-0.15, -0.1) is 0 Å². The summed E-state index contributed by atoms with van der Waals surface area (Å²) in [7, 11) is 0. The molecular weight excluding hydrogens is 373 g/mol. The molecule has 1 nitrogen and oxygen atoms in total. The Kier molecular flexibility index (Phi) is 8.86. The van der Waals surface area contributed by atoms with Crippen LogP contribution in [0.25, 0.3) is 0 Å². The van der Waals surface area contributed by atoms with E-state index in [9.17, 15) is 0 Å². The van der Waals surface area contributed by atoms with Gasteiger partial charge in [0, 0.05) is 0 Å². The monoisotopic (exact) mass is 393 g/mol. The molecule has 18 heavy (non-hydrogen) atoms. The van der Waals surface area contributed by atoms with Crippen molar-refractivity contribution in [2.45, 2.75) is 64.3 Å². The molecule has 0 radical (unpaired) electrons. The predicted molar refractivity (Wildman–Crippen MR) is 94.6 cm³/mol. The zero-order valence-corrected chi connectivity index (χ0v) is 16.9. The number of halogens is 5. The van der Waals surface area contributed by atoms with Gasteiger partial charge >= 0.3 is 136 Å². The maximum atomic E-state index is 6.51. The van der Waals surface area contributed by atoms with Gasteiger partial charge in [-0.2, -0.15) is 0 Å². The molecule has 8 heteroatoms. The van der Waals surface area contributed by atoms with Crippen molar-refractivity contribution < 1.29 is 0 Å². The molecule has 0 atom stereocenters. The van der Waals surface area contributed by atoms with E-state index in [1.54, 1.807) is 0 Å². The van der Waals surface area contributed by atoms with Crippen LogP contribution in [0.2, 0.25) is 0 Å². The maximum absolute atomic E-state index is 6.51. The predicted octanol–water partition coefficient (Wildman–Crippen LogP) is 8.41. The quantitative estimate of drug-likeness (QED) is 0.384. The van der Waals surface area contributed by atoms with E-state index >= 15 is 0 Å². The van der Waals surface area contributed by atoms with Crippen molar-refractivity contribution in [1.29, 1.82) is 0 Å². The van der Waals surface area contributed by atoms with Crippen molar-refractivity contribution in [1.82, 2.24) is 0 Å². The second-order valence-corrected chi connectivity index (χ2v) is 18.7. The Balaban J connectivity index is 5.69. The van der Waals surface area contributed by atoms with Crippen molar-refractivity contribution in [3.63, 3.8) is 0 Å². The molecule has 0 aromatic rings. The summed E-state index contributed by atoms with van der Waals surface area (Å²) in [5, 5.41) is -3.68. The molecular formula is C10H22Cl5NP2. The summed E-state index contributed by atoms with van der Waals surface area (Å²) >= 11 is 31.7. The topological polar surface area (TPSA) is 12.4 Å². The molecule has 0 fully saturated rings. The van der Waals surface area contributed by atoms with Crippen LogP contribution >= 0.6 is 67.3 Å². The fourth-order valence-electron chi connectivity index (χ4n) is 1.91. The van der Waals surface area contributed by atoms with E-state index in [-0.39, 0.29) is 5.66 Å². The first-order valence-corrected chi connectivity index (χ1v) is 14.8. The van der Waals surface area contributed by atoms with Crippen LogP contribution in [0, 0.1) is 0 Å². The zero-order valence-electron chi connectivity index (χ0n) is 11.2. The van der Waals surface area contributed by atoms with Gasteiger partial charge in [0.1, 0.15) is 0 Å². The molecule has 112 valence electrons. The summed E-state index contributed by atoms with van der Waals surface area (Å²) < 4.78 is 4.70. The molecule has 0 bridgehead atoms. The van der Waals surface area contributed by atoms with Gasteiger partial charge in [-0.05, 0) is 0 Å². The molecule has 0 saturated carbocycles. The Morgan fingerprint density at radius 2 is 1.39 bits per heavy atom. The molecule has 0 spiro atoms. The summed E-state index contributed by atoms with van der Waals surface area (Å²) in [6.07, 6.45) is 3.11. The van der Waals surface area contributed by atoms with E-state index in [4.69, 9.17) is 60.9 Å². The van der Waals surface area contributed by atoms with E-state index in [0.29, 0.717) is 12.8 Å². The number of hydrogen-bond donors (Lipinski definition) is 0. The summed E-state index contributed by atoms with van der Waals surface area (Å²) in [5.74, 6) is -2.45. The molecule has 0 aliphatic rings. The van der Waals surface area contributed by atoms with Gasteiger partial charge in [0.15, 0.2) is 0 Å². The molecule has 0 aliphatic carbocycles. The van der Waals surface area contributed by atoms with Crippen molar-refractivity contribution in [3.05, 3.63) is 0 Å². The van der Waals surface area contributed by atoms with Crippen molar-refractivity contribution in [2.24, 2.45) is 4.74 Å². The van der Waals surface area contributed by atoms with Gasteiger partial charge < -0.3 is 0 Å². The fourth-order valence-corrected chi connectivity index (χ4v) is 11.8. The summed E-state index contributed by atoms with van der Waals surface area (Å²) in [4.78, 5) is 0. The minimum atomic E-state index is -3.01. The Hall–Kier alpha value is 2.11. The van der Waals surface area contributed by atoms with Crippen molar-refractivity contribution in [3.8, 4) is 0 Å². The molecule has 0 unspecified atom stereocenters. The van der Waals surface area contributed by atoms with Crippen LogP contribution in [0.15, 0.2) is 4.74 Å². The Morgan fingerprint density at radius 3 is 1.61 bits per heavy atom. The zero-order chi connectivity index (χ0) is 14.6. The summed E-state index contributed by atoms with van der Waals surface area (Å²) in [5.41, 5.74) is 0.180. The van der Waals surface area contributed by atoms with Crippen LogP contribution in [0.4, 0.5) is 0 Å². The van der Waals surface area contributed by atoms with Crippen LogP contribution in [0.3, 0.4) is 0 Å². The number of hydrogen-bond acceptors (Lipinski definition) is 1. The van der Waals surface area contributed by atoms with E-state index in [0.717, 1.165) is 12.8 Å². The van der Waals surface area contributed by atoms with Crippen LogP contribution in [0.5, 0.6) is 0 Å². The average molecular weight is 396 g/mol. The normalized spacial score (nSPS) is 15.0. The van der Waals surface area contributed by atoms with Crippen molar-refractivity contribution >= 4 is 67.3 Å². The van der Waals surface area contributed by atoms with Gasteiger partial charge in [-0.25, -0.2) is 0 Å². The Bertz CT molecular complexity index is 302. The minimum absolute atomic E-state index is 0.180. The molecule has 0 aromatic heterocycles.